The number of nitrogens with zero attached hydrogens (tertiary/aromatic N) is 3. The van der Waals surface area contributed by atoms with E-state index in [2.05, 4.69) is 129 Å². The van der Waals surface area contributed by atoms with Gasteiger partial charge in [-0.05, 0) is 90.3 Å². The van der Waals surface area contributed by atoms with Gasteiger partial charge in [0.05, 0.1) is 0 Å². The van der Waals surface area contributed by atoms with E-state index >= 15 is 0 Å². The van der Waals surface area contributed by atoms with Crippen LogP contribution in [-0.4, -0.2) is 15.0 Å². The van der Waals surface area contributed by atoms with Gasteiger partial charge >= 0.3 is 0 Å². The molecule has 3 heteroatoms. The molecule has 0 radical (unpaired) electrons. The number of aryl methyl sites for hydroxylation is 1. The molecule has 0 bridgehead atoms. The lowest BCUT2D eigenvalue weighted by Crippen LogP contribution is -2.27. The highest BCUT2D eigenvalue weighted by Crippen LogP contribution is 2.38. The first-order valence-corrected chi connectivity index (χ1v) is 15.8. The van der Waals surface area contributed by atoms with E-state index in [1.165, 1.54) is 52.3 Å². The second kappa shape index (κ2) is 12.0. The maximum absolute atomic E-state index is 5.18. The highest BCUT2D eigenvalue weighted by atomic mass is 15.0. The van der Waals surface area contributed by atoms with Crippen LogP contribution in [0.1, 0.15) is 72.7 Å². The molecule has 0 amide bonds. The fraction of sp³-hybridized carbons (Fsp3) is 0.195. The molecule has 1 atom stereocenters. The first kappa shape index (κ1) is 27.9. The number of allylic oxidation sites excluding steroid dienone is 3. The number of aromatic nitrogens is 3. The summed E-state index contributed by atoms with van der Waals surface area (Å²) in [6, 6.07) is 32.8. The van der Waals surface area contributed by atoms with Crippen molar-refractivity contribution in [2.24, 2.45) is 0 Å². The van der Waals surface area contributed by atoms with E-state index in [-0.39, 0.29) is 0 Å². The van der Waals surface area contributed by atoms with E-state index < -0.39 is 0 Å². The number of hydrogen-bond acceptors (Lipinski definition) is 3. The standard InChI is InChI=1S/C41H37N3/c1-4-12-29-15-10-19-34(27(29)3)40-42-39(43-41(44-40)38(32-23-24-32)37-18-9-6-13-28(37)5-2)33-25-21-31(22-26-33)36-20-11-16-30-14-7-8-17-35(30)36/h4-10,12-15,17-19,21-23,25-26,36H,11,16,20,24H2,1-3H3/b12-4-,28-5-,38-37+. The van der Waals surface area contributed by atoms with Crippen molar-refractivity contribution in [3.8, 4) is 22.8 Å². The van der Waals surface area contributed by atoms with Gasteiger partial charge in [-0.15, -0.1) is 0 Å². The lowest BCUT2D eigenvalue weighted by Gasteiger charge is -2.26. The van der Waals surface area contributed by atoms with Crippen LogP contribution in [0, 0.1) is 6.92 Å². The van der Waals surface area contributed by atoms with Gasteiger partial charge in [-0.1, -0.05) is 115 Å². The van der Waals surface area contributed by atoms with Gasteiger partial charge in [-0.2, -0.15) is 0 Å². The highest BCUT2D eigenvalue weighted by molar-refractivity contribution is 5.81. The summed E-state index contributed by atoms with van der Waals surface area (Å²) >= 11 is 0. The van der Waals surface area contributed by atoms with Gasteiger partial charge in [-0.3, -0.25) is 0 Å². The van der Waals surface area contributed by atoms with E-state index in [0.717, 1.165) is 39.7 Å². The molecule has 0 saturated heterocycles. The average Bonchev–Trinajstić information content (AvgIpc) is 3.91. The van der Waals surface area contributed by atoms with Gasteiger partial charge in [0, 0.05) is 22.6 Å². The van der Waals surface area contributed by atoms with E-state index in [9.17, 15) is 0 Å². The van der Waals surface area contributed by atoms with Gasteiger partial charge in [-0.25, -0.2) is 15.0 Å². The summed E-state index contributed by atoms with van der Waals surface area (Å²) in [7, 11) is 0. The van der Waals surface area contributed by atoms with Gasteiger partial charge in [0.1, 0.15) is 0 Å². The first-order valence-electron chi connectivity index (χ1n) is 15.8. The predicted molar refractivity (Wildman–Crippen MR) is 182 cm³/mol. The normalized spacial score (nSPS) is 16.9. The Balaban J connectivity index is 1.40. The van der Waals surface area contributed by atoms with Crippen LogP contribution < -0.4 is 10.4 Å². The van der Waals surface area contributed by atoms with Gasteiger partial charge < -0.3 is 0 Å². The Kier molecular flexibility index (Phi) is 7.62. The molecule has 5 aromatic rings. The van der Waals surface area contributed by atoms with Crippen LogP contribution in [0.15, 0.2) is 109 Å². The average molecular weight is 572 g/mol. The largest absolute Gasteiger partial charge is 0.208 e. The SMILES string of the molecule is C/C=C\c1cccc(-c2nc(/C(C3=CC3)=c3\cccc\c3=C\C)nc(-c3ccc(C4CCCc5ccccc54)cc3)n2)c1C. The van der Waals surface area contributed by atoms with Gasteiger partial charge in [0.15, 0.2) is 17.5 Å². The molecule has 0 saturated carbocycles. The molecular formula is C41H37N3. The molecule has 1 aromatic heterocycles. The van der Waals surface area contributed by atoms with Crippen molar-refractivity contribution < 1.29 is 0 Å². The molecule has 0 fully saturated rings. The zero-order valence-corrected chi connectivity index (χ0v) is 25.7. The van der Waals surface area contributed by atoms with Gasteiger partial charge in [0.2, 0.25) is 0 Å². The van der Waals surface area contributed by atoms with Crippen molar-refractivity contribution in [1.29, 1.82) is 0 Å². The molecule has 216 valence electrons. The topological polar surface area (TPSA) is 38.7 Å². The van der Waals surface area contributed by atoms with Crippen LogP contribution in [0.2, 0.25) is 0 Å². The summed E-state index contributed by atoms with van der Waals surface area (Å²) in [6.45, 7) is 6.29. The third-order valence-corrected chi connectivity index (χ3v) is 9.03. The van der Waals surface area contributed by atoms with Crippen molar-refractivity contribution in [3.63, 3.8) is 0 Å². The van der Waals surface area contributed by atoms with Crippen LogP contribution in [0.3, 0.4) is 0 Å². The van der Waals surface area contributed by atoms with Crippen LogP contribution in [0.25, 0.3) is 40.5 Å². The van der Waals surface area contributed by atoms with E-state index in [1.54, 1.807) is 0 Å². The fourth-order valence-electron chi connectivity index (χ4n) is 6.63. The van der Waals surface area contributed by atoms with Crippen molar-refractivity contribution in [1.82, 2.24) is 15.0 Å². The summed E-state index contributed by atoms with van der Waals surface area (Å²) in [5.41, 5.74) is 11.1. The minimum atomic E-state index is 0.430. The van der Waals surface area contributed by atoms with Crippen molar-refractivity contribution in [2.75, 3.05) is 0 Å². The Morgan fingerprint density at radius 1 is 0.795 bits per heavy atom. The van der Waals surface area contributed by atoms with Crippen molar-refractivity contribution in [3.05, 3.63) is 153 Å². The minimum absolute atomic E-state index is 0.430. The van der Waals surface area contributed by atoms with E-state index in [4.69, 9.17) is 15.0 Å². The number of hydrogen-bond donors (Lipinski definition) is 0. The molecule has 0 N–H and O–H groups in total. The zero-order valence-electron chi connectivity index (χ0n) is 25.7. The second-order valence-corrected chi connectivity index (χ2v) is 11.8. The Bertz CT molecular complexity index is 2050. The highest BCUT2D eigenvalue weighted by Gasteiger charge is 2.24. The summed E-state index contributed by atoms with van der Waals surface area (Å²) in [4.78, 5) is 15.5. The summed E-state index contributed by atoms with van der Waals surface area (Å²) in [6.07, 6.45) is 13.2. The molecule has 0 aliphatic heterocycles. The number of fused-ring (bicyclic) bond motifs is 1. The monoisotopic (exact) mass is 571 g/mol. The number of rotatable bonds is 6. The minimum Gasteiger partial charge on any atom is -0.208 e. The number of benzene rings is 4. The van der Waals surface area contributed by atoms with Crippen LogP contribution in [0.5, 0.6) is 0 Å². The molecule has 4 aromatic carbocycles. The fourth-order valence-corrected chi connectivity index (χ4v) is 6.63. The molecule has 7 rings (SSSR count). The maximum atomic E-state index is 5.18. The molecule has 0 spiro atoms. The Labute approximate surface area is 260 Å². The molecule has 2 aliphatic rings. The third kappa shape index (κ3) is 5.35. The molecular weight excluding hydrogens is 534 g/mol. The first-order chi connectivity index (χ1) is 21.6. The Morgan fingerprint density at radius 2 is 1.57 bits per heavy atom. The van der Waals surface area contributed by atoms with Crippen LogP contribution in [0.4, 0.5) is 0 Å². The lowest BCUT2D eigenvalue weighted by molar-refractivity contribution is 0.616. The van der Waals surface area contributed by atoms with Crippen LogP contribution >= 0.6 is 0 Å². The third-order valence-electron chi connectivity index (χ3n) is 9.03. The van der Waals surface area contributed by atoms with Crippen LogP contribution in [-0.2, 0) is 6.42 Å². The molecule has 1 heterocycles. The quantitative estimate of drug-likeness (QED) is 0.206. The molecule has 1 unspecified atom stereocenters. The summed E-state index contributed by atoms with van der Waals surface area (Å²) < 4.78 is 0. The van der Waals surface area contributed by atoms with Crippen molar-refractivity contribution in [2.45, 2.75) is 52.4 Å². The lowest BCUT2D eigenvalue weighted by atomic mass is 9.79. The van der Waals surface area contributed by atoms with E-state index in [0.29, 0.717) is 17.6 Å². The molecule has 3 nitrogen and oxygen atoms in total. The van der Waals surface area contributed by atoms with Crippen molar-refractivity contribution >= 4 is 17.7 Å². The second-order valence-electron chi connectivity index (χ2n) is 11.8. The Hall–Kier alpha value is -4.89. The maximum Gasteiger partial charge on any atom is 0.164 e. The summed E-state index contributed by atoms with van der Waals surface area (Å²) in [5, 5.41) is 2.34. The smallest absolute Gasteiger partial charge is 0.164 e. The van der Waals surface area contributed by atoms with Gasteiger partial charge in [0.25, 0.3) is 0 Å². The zero-order chi connectivity index (χ0) is 30.0. The predicted octanol–water partition coefficient (Wildman–Crippen LogP) is 8.34. The molecule has 2 aliphatic carbocycles. The molecule has 44 heavy (non-hydrogen) atoms. The summed E-state index contributed by atoms with van der Waals surface area (Å²) in [5.74, 6) is 2.56. The van der Waals surface area contributed by atoms with E-state index in [1.807, 2.05) is 6.92 Å². The Morgan fingerprint density at radius 3 is 2.36 bits per heavy atom.